The number of rotatable bonds is 9. The molecule has 1 aliphatic heterocycles. The van der Waals surface area contributed by atoms with E-state index in [9.17, 15) is 14.4 Å². The van der Waals surface area contributed by atoms with Crippen LogP contribution in [-0.4, -0.2) is 53.3 Å². The molecule has 1 heterocycles. The van der Waals surface area contributed by atoms with Crippen molar-refractivity contribution in [2.24, 2.45) is 0 Å². The number of hydrogen-bond donors (Lipinski definition) is 0. The number of nitrogens with zero attached hydrogens (tertiary/aromatic N) is 3. The maximum absolute atomic E-state index is 12.9. The van der Waals surface area contributed by atoms with Gasteiger partial charge in [0.1, 0.15) is 19.8 Å². The highest BCUT2D eigenvalue weighted by Gasteiger charge is 2.37. The van der Waals surface area contributed by atoms with E-state index in [-0.39, 0.29) is 43.5 Å². The zero-order valence-electron chi connectivity index (χ0n) is 17.3. The minimum atomic E-state index is -0.172. The monoisotopic (exact) mass is 419 g/mol. The molecule has 29 heavy (non-hydrogen) atoms. The van der Waals surface area contributed by atoms with Crippen molar-refractivity contribution in [1.29, 1.82) is 0 Å². The molecule has 1 aliphatic carbocycles. The van der Waals surface area contributed by atoms with E-state index in [0.29, 0.717) is 11.4 Å². The molecule has 6 nitrogen and oxygen atoms in total. The lowest BCUT2D eigenvalue weighted by atomic mass is 10.1. The summed E-state index contributed by atoms with van der Waals surface area (Å²) in [5.74, 6) is -0.244. The molecule has 3 rings (SSSR count). The predicted molar refractivity (Wildman–Crippen MR) is 114 cm³/mol. The summed E-state index contributed by atoms with van der Waals surface area (Å²) in [6.45, 7) is 4.30. The lowest BCUT2D eigenvalue weighted by Gasteiger charge is -2.25. The highest BCUT2D eigenvalue weighted by Crippen LogP contribution is 2.30. The van der Waals surface area contributed by atoms with E-state index >= 15 is 0 Å². The summed E-state index contributed by atoms with van der Waals surface area (Å²) in [6, 6.07) is 5.60. The Morgan fingerprint density at radius 2 is 1.97 bits per heavy atom. The summed E-state index contributed by atoms with van der Waals surface area (Å²) in [5.41, 5.74) is 1.54. The van der Waals surface area contributed by atoms with E-state index in [1.165, 1.54) is 4.90 Å². The van der Waals surface area contributed by atoms with Crippen molar-refractivity contribution >= 4 is 35.0 Å². The highest BCUT2D eigenvalue weighted by molar-refractivity contribution is 6.31. The molecule has 0 unspecified atom stereocenters. The van der Waals surface area contributed by atoms with Crippen LogP contribution in [-0.2, 0) is 14.4 Å². The molecule has 1 aromatic carbocycles. The van der Waals surface area contributed by atoms with Crippen molar-refractivity contribution in [1.82, 2.24) is 9.80 Å². The van der Waals surface area contributed by atoms with Gasteiger partial charge in [0.2, 0.25) is 17.7 Å². The van der Waals surface area contributed by atoms with Crippen molar-refractivity contribution in [2.75, 3.05) is 24.7 Å². The molecule has 2 aliphatic rings. The minimum absolute atomic E-state index is 0.0357. The molecule has 1 saturated carbocycles. The van der Waals surface area contributed by atoms with Crippen LogP contribution in [0.3, 0.4) is 0 Å². The third kappa shape index (κ3) is 5.30. The van der Waals surface area contributed by atoms with Crippen molar-refractivity contribution < 1.29 is 14.4 Å². The standard InChI is InChI=1S/C22H30ClN3O3/c1-3-4-5-6-10-20(27)25(17-11-12-17)14-21(28)24-13-22(29)26(15-24)19-9-7-8-18(23)16(19)2/h7-9,17H,3-6,10-15H2,1-2H3. The summed E-state index contributed by atoms with van der Waals surface area (Å²) < 4.78 is 0. The minimum Gasteiger partial charge on any atom is -0.330 e. The second-order valence-electron chi connectivity index (χ2n) is 8.00. The van der Waals surface area contributed by atoms with Gasteiger partial charge in [0, 0.05) is 23.2 Å². The second kappa shape index (κ2) is 9.61. The predicted octanol–water partition coefficient (Wildman–Crippen LogP) is 3.74. The maximum Gasteiger partial charge on any atom is 0.248 e. The molecule has 2 fully saturated rings. The van der Waals surface area contributed by atoms with E-state index in [1.54, 1.807) is 21.9 Å². The van der Waals surface area contributed by atoms with Gasteiger partial charge in [-0.3, -0.25) is 19.3 Å². The smallest absolute Gasteiger partial charge is 0.248 e. The normalized spacial score (nSPS) is 16.4. The number of amides is 3. The quantitative estimate of drug-likeness (QED) is 0.573. The molecule has 0 radical (unpaired) electrons. The van der Waals surface area contributed by atoms with Crippen molar-refractivity contribution in [3.05, 3.63) is 28.8 Å². The van der Waals surface area contributed by atoms with Gasteiger partial charge in [0.15, 0.2) is 0 Å². The molecular formula is C22H30ClN3O3. The van der Waals surface area contributed by atoms with E-state index in [1.807, 2.05) is 13.0 Å². The number of unbranched alkanes of at least 4 members (excludes halogenated alkanes) is 3. The van der Waals surface area contributed by atoms with Crippen LogP contribution in [0.2, 0.25) is 5.02 Å². The van der Waals surface area contributed by atoms with Gasteiger partial charge in [-0.15, -0.1) is 0 Å². The Morgan fingerprint density at radius 1 is 1.21 bits per heavy atom. The second-order valence-corrected chi connectivity index (χ2v) is 8.41. The van der Waals surface area contributed by atoms with Crippen LogP contribution in [0.25, 0.3) is 0 Å². The van der Waals surface area contributed by atoms with Crippen LogP contribution in [0.1, 0.15) is 57.4 Å². The van der Waals surface area contributed by atoms with Gasteiger partial charge < -0.3 is 9.80 Å². The van der Waals surface area contributed by atoms with Gasteiger partial charge in [0.25, 0.3) is 0 Å². The molecule has 7 heteroatoms. The largest absolute Gasteiger partial charge is 0.330 e. The highest BCUT2D eigenvalue weighted by atomic mass is 35.5. The van der Waals surface area contributed by atoms with Crippen molar-refractivity contribution in [2.45, 2.75) is 64.8 Å². The average molecular weight is 420 g/mol. The first kappa shape index (κ1) is 21.6. The molecule has 1 saturated heterocycles. The number of carbonyl (C=O) groups excluding carboxylic acids is 3. The Morgan fingerprint density at radius 3 is 2.66 bits per heavy atom. The molecular weight excluding hydrogens is 390 g/mol. The van der Waals surface area contributed by atoms with Crippen LogP contribution in [0.4, 0.5) is 5.69 Å². The van der Waals surface area contributed by atoms with E-state index in [4.69, 9.17) is 11.6 Å². The summed E-state index contributed by atoms with van der Waals surface area (Å²) in [5, 5.41) is 0.591. The number of halogens is 1. The van der Waals surface area contributed by atoms with Crippen LogP contribution < -0.4 is 4.90 Å². The number of anilines is 1. The average Bonchev–Trinajstić information content (AvgIpc) is 3.46. The first-order valence-corrected chi connectivity index (χ1v) is 10.9. The fourth-order valence-electron chi connectivity index (χ4n) is 3.71. The Balaban J connectivity index is 1.60. The number of benzene rings is 1. The van der Waals surface area contributed by atoms with Gasteiger partial charge in [-0.05, 0) is 43.9 Å². The van der Waals surface area contributed by atoms with E-state index in [2.05, 4.69) is 6.92 Å². The summed E-state index contributed by atoms with van der Waals surface area (Å²) >= 11 is 6.18. The third-order valence-corrected chi connectivity index (χ3v) is 6.09. The van der Waals surface area contributed by atoms with Gasteiger partial charge in [-0.2, -0.15) is 0 Å². The van der Waals surface area contributed by atoms with E-state index in [0.717, 1.165) is 49.8 Å². The zero-order valence-corrected chi connectivity index (χ0v) is 18.1. The number of carbonyl (C=O) groups is 3. The lowest BCUT2D eigenvalue weighted by Crippen LogP contribution is -2.43. The topological polar surface area (TPSA) is 60.9 Å². The van der Waals surface area contributed by atoms with Gasteiger partial charge in [-0.1, -0.05) is 43.9 Å². The summed E-state index contributed by atoms with van der Waals surface area (Å²) in [4.78, 5) is 42.9. The van der Waals surface area contributed by atoms with Crippen molar-refractivity contribution in [3.8, 4) is 0 Å². The molecule has 0 N–H and O–H groups in total. The van der Waals surface area contributed by atoms with Gasteiger partial charge in [-0.25, -0.2) is 0 Å². The van der Waals surface area contributed by atoms with Gasteiger partial charge in [0.05, 0.1) is 0 Å². The number of hydrogen-bond acceptors (Lipinski definition) is 3. The zero-order chi connectivity index (χ0) is 21.0. The van der Waals surface area contributed by atoms with Crippen LogP contribution >= 0.6 is 11.6 Å². The van der Waals surface area contributed by atoms with Crippen LogP contribution in [0.15, 0.2) is 18.2 Å². The summed E-state index contributed by atoms with van der Waals surface area (Å²) in [6.07, 6.45) is 6.59. The Hall–Kier alpha value is -2.08. The lowest BCUT2D eigenvalue weighted by molar-refractivity contribution is -0.140. The van der Waals surface area contributed by atoms with Crippen molar-refractivity contribution in [3.63, 3.8) is 0 Å². The van der Waals surface area contributed by atoms with Gasteiger partial charge >= 0.3 is 0 Å². The van der Waals surface area contributed by atoms with Crippen LogP contribution in [0.5, 0.6) is 0 Å². The Labute approximate surface area is 177 Å². The third-order valence-electron chi connectivity index (χ3n) is 5.68. The molecule has 158 valence electrons. The van der Waals surface area contributed by atoms with E-state index < -0.39 is 0 Å². The Kier molecular flexibility index (Phi) is 7.17. The molecule has 0 bridgehead atoms. The fraction of sp³-hybridized carbons (Fsp3) is 0.591. The molecule has 1 aromatic rings. The first-order chi connectivity index (χ1) is 13.9. The fourth-order valence-corrected chi connectivity index (χ4v) is 3.88. The van der Waals surface area contributed by atoms with Crippen LogP contribution in [0, 0.1) is 6.92 Å². The molecule has 0 aromatic heterocycles. The Bertz CT molecular complexity index is 779. The summed E-state index contributed by atoms with van der Waals surface area (Å²) in [7, 11) is 0. The SMILES string of the molecule is CCCCCCC(=O)N(CC(=O)N1CC(=O)N(c2cccc(Cl)c2C)C1)C1CC1. The maximum atomic E-state index is 12.9. The first-order valence-electron chi connectivity index (χ1n) is 10.5. The molecule has 3 amide bonds. The molecule has 0 spiro atoms. The molecule has 0 atom stereocenters.